The van der Waals surface area contributed by atoms with Crippen LogP contribution in [0.5, 0.6) is 0 Å². The van der Waals surface area contributed by atoms with Crippen molar-refractivity contribution in [1.82, 2.24) is 20.4 Å². The van der Waals surface area contributed by atoms with Crippen molar-refractivity contribution in [2.45, 2.75) is 51.5 Å². The lowest BCUT2D eigenvalue weighted by Crippen LogP contribution is -2.54. The number of amides is 2. The molecule has 164 valence electrons. The van der Waals surface area contributed by atoms with Crippen molar-refractivity contribution in [1.29, 1.82) is 0 Å². The van der Waals surface area contributed by atoms with E-state index >= 15 is 0 Å². The van der Waals surface area contributed by atoms with Crippen molar-refractivity contribution in [3.8, 4) is 0 Å². The SMILES string of the molecule is CN=C(NCCCCN1C(=O)c2ccccc2C1=O)NCC(C)(C)N1CCCCC1. The van der Waals surface area contributed by atoms with Gasteiger partial charge >= 0.3 is 0 Å². The monoisotopic (exact) mass is 413 g/mol. The molecule has 1 fully saturated rings. The zero-order valence-corrected chi connectivity index (χ0v) is 18.5. The molecule has 7 heteroatoms. The first-order valence-corrected chi connectivity index (χ1v) is 11.1. The summed E-state index contributed by atoms with van der Waals surface area (Å²) in [6, 6.07) is 7.03. The molecular formula is C23H35N5O2. The maximum Gasteiger partial charge on any atom is 0.261 e. The minimum absolute atomic E-state index is 0.0868. The normalized spacial score (nSPS) is 18.0. The van der Waals surface area contributed by atoms with Gasteiger partial charge in [0.1, 0.15) is 0 Å². The van der Waals surface area contributed by atoms with E-state index in [1.807, 2.05) is 0 Å². The fraction of sp³-hybridized carbons (Fsp3) is 0.609. The number of piperidine rings is 1. The smallest absolute Gasteiger partial charge is 0.261 e. The molecule has 1 saturated heterocycles. The highest BCUT2D eigenvalue weighted by atomic mass is 16.2. The fourth-order valence-corrected chi connectivity index (χ4v) is 4.18. The summed E-state index contributed by atoms with van der Waals surface area (Å²) in [4.78, 5) is 33.0. The topological polar surface area (TPSA) is 77.0 Å². The molecule has 2 amide bonds. The van der Waals surface area contributed by atoms with Crippen molar-refractivity contribution < 1.29 is 9.59 Å². The van der Waals surface area contributed by atoms with E-state index in [2.05, 4.69) is 34.4 Å². The number of carbonyl (C=O) groups excluding carboxylic acids is 2. The number of benzene rings is 1. The molecule has 30 heavy (non-hydrogen) atoms. The third kappa shape index (κ3) is 5.19. The van der Waals surface area contributed by atoms with Crippen LogP contribution in [0.1, 0.15) is 66.7 Å². The first-order chi connectivity index (χ1) is 14.4. The highest BCUT2D eigenvalue weighted by molar-refractivity contribution is 6.21. The molecule has 0 aromatic heterocycles. The van der Waals surface area contributed by atoms with E-state index in [1.54, 1.807) is 31.3 Å². The summed E-state index contributed by atoms with van der Waals surface area (Å²) in [5.41, 5.74) is 1.12. The summed E-state index contributed by atoms with van der Waals surface area (Å²) in [7, 11) is 1.78. The quantitative estimate of drug-likeness (QED) is 0.296. The van der Waals surface area contributed by atoms with Gasteiger partial charge in [0.05, 0.1) is 11.1 Å². The van der Waals surface area contributed by atoms with Gasteiger partial charge in [-0.1, -0.05) is 18.6 Å². The molecule has 2 heterocycles. The zero-order chi connectivity index (χ0) is 21.6. The second-order valence-electron chi connectivity index (χ2n) is 8.73. The van der Waals surface area contributed by atoms with Gasteiger partial charge in [-0.15, -0.1) is 0 Å². The number of aliphatic imine (C=N–C) groups is 1. The van der Waals surface area contributed by atoms with Crippen molar-refractivity contribution in [3.05, 3.63) is 35.4 Å². The van der Waals surface area contributed by atoms with E-state index in [0.717, 1.165) is 31.9 Å². The van der Waals surface area contributed by atoms with E-state index in [4.69, 9.17) is 0 Å². The molecule has 1 aromatic carbocycles. The van der Waals surface area contributed by atoms with Gasteiger partial charge in [0.15, 0.2) is 5.96 Å². The number of unbranched alkanes of at least 4 members (excludes halogenated alkanes) is 1. The van der Waals surface area contributed by atoms with Crippen molar-refractivity contribution >= 4 is 17.8 Å². The first-order valence-electron chi connectivity index (χ1n) is 11.1. The Morgan fingerprint density at radius 2 is 1.63 bits per heavy atom. The Bertz CT molecular complexity index is 749. The molecular weight excluding hydrogens is 378 g/mol. The van der Waals surface area contributed by atoms with Crippen LogP contribution in [-0.2, 0) is 0 Å². The van der Waals surface area contributed by atoms with E-state index in [-0.39, 0.29) is 17.4 Å². The number of guanidine groups is 1. The van der Waals surface area contributed by atoms with E-state index in [1.165, 1.54) is 37.3 Å². The molecule has 0 bridgehead atoms. The van der Waals surface area contributed by atoms with Crippen molar-refractivity contribution in [2.75, 3.05) is 39.8 Å². The van der Waals surface area contributed by atoms with Gasteiger partial charge in [-0.05, 0) is 64.8 Å². The molecule has 7 nitrogen and oxygen atoms in total. The second kappa shape index (κ2) is 10.1. The number of likely N-dealkylation sites (tertiary alicyclic amines) is 1. The van der Waals surface area contributed by atoms with E-state index in [9.17, 15) is 9.59 Å². The third-order valence-corrected chi connectivity index (χ3v) is 6.10. The Balaban J connectivity index is 1.36. The second-order valence-corrected chi connectivity index (χ2v) is 8.73. The number of carbonyl (C=O) groups is 2. The molecule has 1 aromatic rings. The maximum atomic E-state index is 12.4. The first kappa shape index (κ1) is 22.3. The van der Waals surface area contributed by atoms with Crippen LogP contribution in [0.2, 0.25) is 0 Å². The zero-order valence-electron chi connectivity index (χ0n) is 18.5. The number of hydrogen-bond donors (Lipinski definition) is 2. The van der Waals surface area contributed by atoms with Gasteiger partial charge < -0.3 is 10.6 Å². The predicted molar refractivity (Wildman–Crippen MR) is 120 cm³/mol. The Hall–Kier alpha value is -2.41. The molecule has 3 rings (SSSR count). The molecule has 0 atom stereocenters. The van der Waals surface area contributed by atoms with Gasteiger partial charge in [-0.3, -0.25) is 24.4 Å². The number of nitrogens with zero attached hydrogens (tertiary/aromatic N) is 3. The minimum Gasteiger partial charge on any atom is -0.356 e. The van der Waals surface area contributed by atoms with Crippen LogP contribution in [0.25, 0.3) is 0 Å². The standard InChI is InChI=1S/C23H35N5O2/c1-23(2,27-14-8-4-9-15-27)17-26-22(24-3)25-13-7-10-16-28-20(29)18-11-5-6-12-19(18)21(28)30/h5-6,11-12H,4,7-10,13-17H2,1-3H3,(H2,24,25,26). The summed E-state index contributed by atoms with van der Waals surface area (Å²) < 4.78 is 0. The van der Waals surface area contributed by atoms with E-state index in [0.29, 0.717) is 17.7 Å². The largest absolute Gasteiger partial charge is 0.356 e. The highest BCUT2D eigenvalue weighted by Crippen LogP contribution is 2.22. The minimum atomic E-state index is -0.180. The molecule has 2 N–H and O–H groups in total. The number of rotatable bonds is 8. The van der Waals surface area contributed by atoms with Gasteiger partial charge in [0.25, 0.3) is 11.8 Å². The fourth-order valence-electron chi connectivity index (χ4n) is 4.18. The summed E-state index contributed by atoms with van der Waals surface area (Å²) in [5.74, 6) is 0.433. The van der Waals surface area contributed by atoms with Gasteiger partial charge in [-0.25, -0.2) is 0 Å². The molecule has 0 spiro atoms. The van der Waals surface area contributed by atoms with Crippen LogP contribution in [0.4, 0.5) is 0 Å². The molecule has 0 unspecified atom stereocenters. The summed E-state index contributed by atoms with van der Waals surface area (Å²) in [5, 5.41) is 6.79. The lowest BCUT2D eigenvalue weighted by molar-refractivity contribution is 0.0652. The number of nitrogens with one attached hydrogen (secondary N) is 2. The Labute approximate surface area is 179 Å². The van der Waals surface area contributed by atoms with Crippen LogP contribution in [0, 0.1) is 0 Å². The van der Waals surface area contributed by atoms with Crippen LogP contribution in [0.3, 0.4) is 0 Å². The molecule has 2 aliphatic heterocycles. The lowest BCUT2D eigenvalue weighted by atomic mass is 9.98. The molecule has 0 radical (unpaired) electrons. The highest BCUT2D eigenvalue weighted by Gasteiger charge is 2.34. The van der Waals surface area contributed by atoms with Crippen LogP contribution < -0.4 is 10.6 Å². The average molecular weight is 414 g/mol. The maximum absolute atomic E-state index is 12.4. The Morgan fingerprint density at radius 1 is 1.00 bits per heavy atom. The summed E-state index contributed by atoms with van der Waals surface area (Å²) >= 11 is 0. The van der Waals surface area contributed by atoms with Gasteiger partial charge in [-0.2, -0.15) is 0 Å². The van der Waals surface area contributed by atoms with Gasteiger partial charge in [0, 0.05) is 32.2 Å². The van der Waals surface area contributed by atoms with Crippen molar-refractivity contribution in [3.63, 3.8) is 0 Å². The van der Waals surface area contributed by atoms with E-state index < -0.39 is 0 Å². The number of hydrogen-bond acceptors (Lipinski definition) is 4. The number of imide groups is 1. The predicted octanol–water partition coefficient (Wildman–Crippen LogP) is 2.49. The number of fused-ring (bicyclic) bond motifs is 1. The van der Waals surface area contributed by atoms with Crippen LogP contribution in [-0.4, -0.2) is 72.9 Å². The van der Waals surface area contributed by atoms with Gasteiger partial charge in [0.2, 0.25) is 0 Å². The molecule has 0 aliphatic carbocycles. The summed E-state index contributed by atoms with van der Waals surface area (Å²) in [6.45, 7) is 8.91. The average Bonchev–Trinajstić information content (AvgIpc) is 3.01. The van der Waals surface area contributed by atoms with Crippen LogP contribution >= 0.6 is 0 Å². The lowest BCUT2D eigenvalue weighted by Gasteiger charge is -2.41. The Morgan fingerprint density at radius 3 is 2.23 bits per heavy atom. The van der Waals surface area contributed by atoms with Crippen LogP contribution in [0.15, 0.2) is 29.3 Å². The molecule has 0 saturated carbocycles. The third-order valence-electron chi connectivity index (χ3n) is 6.10. The molecule has 2 aliphatic rings. The summed E-state index contributed by atoms with van der Waals surface area (Å²) in [6.07, 6.45) is 5.51. The van der Waals surface area contributed by atoms with Crippen molar-refractivity contribution in [2.24, 2.45) is 4.99 Å². The Kier molecular flexibility index (Phi) is 7.48.